The van der Waals surface area contributed by atoms with Crippen LogP contribution < -0.4 is 5.32 Å². The Morgan fingerprint density at radius 1 is 1.24 bits per heavy atom. The van der Waals surface area contributed by atoms with Crippen LogP contribution >= 0.6 is 0 Å². The minimum atomic E-state index is 0.407. The Bertz CT molecular complexity index is 508. The van der Waals surface area contributed by atoms with Crippen LogP contribution in [0.3, 0.4) is 0 Å². The highest BCUT2D eigenvalue weighted by Crippen LogP contribution is 2.44. The molecule has 1 saturated carbocycles. The highest BCUT2D eigenvalue weighted by molar-refractivity contribution is 5.33. The summed E-state index contributed by atoms with van der Waals surface area (Å²) in [6, 6.07) is 9.17. The Morgan fingerprint density at radius 3 is 2.95 bits per heavy atom. The molecule has 1 aromatic rings. The number of hydrogen-bond donors (Lipinski definition) is 1. The molecular formula is C19H28N2. The van der Waals surface area contributed by atoms with Crippen molar-refractivity contribution in [1.29, 1.82) is 0 Å². The molecule has 4 rings (SSSR count). The molecule has 2 nitrogen and oxygen atoms in total. The molecular weight excluding hydrogens is 256 g/mol. The monoisotopic (exact) mass is 284 g/mol. The topological polar surface area (TPSA) is 15.3 Å². The number of rotatable bonds is 3. The van der Waals surface area contributed by atoms with Crippen LogP contribution in [0.5, 0.6) is 0 Å². The molecule has 1 aliphatic heterocycles. The first-order valence-corrected chi connectivity index (χ1v) is 8.81. The lowest BCUT2D eigenvalue weighted by molar-refractivity contribution is 0.0482. The highest BCUT2D eigenvalue weighted by atomic mass is 15.3. The lowest BCUT2D eigenvalue weighted by Gasteiger charge is -2.47. The predicted octanol–water partition coefficient (Wildman–Crippen LogP) is 3.18. The van der Waals surface area contributed by atoms with Gasteiger partial charge in [0.15, 0.2) is 0 Å². The van der Waals surface area contributed by atoms with E-state index in [1.54, 1.807) is 11.1 Å². The van der Waals surface area contributed by atoms with Crippen molar-refractivity contribution in [2.24, 2.45) is 5.92 Å². The number of fused-ring (bicyclic) bond motifs is 1. The van der Waals surface area contributed by atoms with Crippen molar-refractivity contribution in [2.75, 3.05) is 26.2 Å². The molecule has 2 fully saturated rings. The number of nitrogens with one attached hydrogen (secondary N) is 1. The molecule has 1 heterocycles. The normalized spacial score (nSPS) is 33.7. The third-order valence-electron chi connectivity index (χ3n) is 6.16. The standard InChI is InChI=1S/C19H28N2/c1-19(17-9-10-17)14-20-11-12-21(19)13-16-7-4-6-15-5-2-3-8-18(15)16/h2-3,5,8,16-17,20H,4,6-7,9-14H2,1H3. The van der Waals surface area contributed by atoms with Gasteiger partial charge in [0.25, 0.3) is 0 Å². The minimum absolute atomic E-state index is 0.407. The van der Waals surface area contributed by atoms with E-state index in [0.717, 1.165) is 18.4 Å². The molecule has 1 aromatic carbocycles. The lowest BCUT2D eigenvalue weighted by atomic mass is 9.81. The highest BCUT2D eigenvalue weighted by Gasteiger charge is 2.47. The summed E-state index contributed by atoms with van der Waals surface area (Å²) in [6.45, 7) is 7.35. The van der Waals surface area contributed by atoms with Gasteiger partial charge in [-0.3, -0.25) is 4.90 Å². The molecule has 2 heteroatoms. The fourth-order valence-electron chi connectivity index (χ4n) is 4.64. The van der Waals surface area contributed by atoms with Crippen molar-refractivity contribution in [3.8, 4) is 0 Å². The Kier molecular flexibility index (Phi) is 3.55. The predicted molar refractivity (Wildman–Crippen MR) is 87.7 cm³/mol. The maximum absolute atomic E-state index is 3.64. The van der Waals surface area contributed by atoms with E-state index in [0.29, 0.717) is 5.54 Å². The zero-order valence-electron chi connectivity index (χ0n) is 13.3. The molecule has 0 amide bonds. The Balaban J connectivity index is 1.55. The average molecular weight is 284 g/mol. The molecule has 2 atom stereocenters. The van der Waals surface area contributed by atoms with E-state index >= 15 is 0 Å². The largest absolute Gasteiger partial charge is 0.314 e. The van der Waals surface area contributed by atoms with Gasteiger partial charge in [-0.05, 0) is 62.0 Å². The molecule has 0 aromatic heterocycles. The van der Waals surface area contributed by atoms with Crippen molar-refractivity contribution in [2.45, 2.75) is 50.5 Å². The molecule has 3 aliphatic rings. The molecule has 1 saturated heterocycles. The van der Waals surface area contributed by atoms with E-state index in [4.69, 9.17) is 0 Å². The molecule has 2 aliphatic carbocycles. The van der Waals surface area contributed by atoms with Gasteiger partial charge in [-0.2, -0.15) is 0 Å². The first-order chi connectivity index (χ1) is 10.3. The Morgan fingerprint density at radius 2 is 2.10 bits per heavy atom. The number of piperazine rings is 1. The van der Waals surface area contributed by atoms with Crippen molar-refractivity contribution in [1.82, 2.24) is 10.2 Å². The molecule has 2 unspecified atom stereocenters. The van der Waals surface area contributed by atoms with Crippen LogP contribution in [0.25, 0.3) is 0 Å². The van der Waals surface area contributed by atoms with E-state index in [9.17, 15) is 0 Å². The second kappa shape index (κ2) is 5.40. The van der Waals surface area contributed by atoms with Crippen LogP contribution in [0.1, 0.15) is 49.7 Å². The summed E-state index contributed by atoms with van der Waals surface area (Å²) in [5.74, 6) is 1.69. The summed E-state index contributed by atoms with van der Waals surface area (Å²) in [5, 5.41) is 3.64. The Labute approximate surface area is 128 Å². The molecule has 0 bridgehead atoms. The van der Waals surface area contributed by atoms with Crippen LogP contribution in [0.4, 0.5) is 0 Å². The third-order valence-corrected chi connectivity index (χ3v) is 6.16. The van der Waals surface area contributed by atoms with E-state index < -0.39 is 0 Å². The van der Waals surface area contributed by atoms with Crippen LogP contribution in [-0.2, 0) is 6.42 Å². The fourth-order valence-corrected chi connectivity index (χ4v) is 4.64. The maximum atomic E-state index is 3.64. The summed E-state index contributed by atoms with van der Waals surface area (Å²) >= 11 is 0. The van der Waals surface area contributed by atoms with Crippen LogP contribution in [0.2, 0.25) is 0 Å². The van der Waals surface area contributed by atoms with Gasteiger partial charge in [0.2, 0.25) is 0 Å². The van der Waals surface area contributed by atoms with Crippen molar-refractivity contribution in [3.63, 3.8) is 0 Å². The van der Waals surface area contributed by atoms with Crippen LogP contribution in [0.15, 0.2) is 24.3 Å². The molecule has 21 heavy (non-hydrogen) atoms. The van der Waals surface area contributed by atoms with Crippen molar-refractivity contribution < 1.29 is 0 Å². The minimum Gasteiger partial charge on any atom is -0.314 e. The zero-order chi connectivity index (χ0) is 14.3. The molecule has 0 spiro atoms. The van der Waals surface area contributed by atoms with Crippen LogP contribution in [0, 0.1) is 5.92 Å². The lowest BCUT2D eigenvalue weighted by Crippen LogP contribution is -2.61. The summed E-state index contributed by atoms with van der Waals surface area (Å²) in [5.41, 5.74) is 3.66. The third kappa shape index (κ3) is 2.53. The van der Waals surface area contributed by atoms with Gasteiger partial charge < -0.3 is 5.32 Å². The first-order valence-electron chi connectivity index (χ1n) is 8.81. The van der Waals surface area contributed by atoms with Gasteiger partial charge in [-0.1, -0.05) is 24.3 Å². The van der Waals surface area contributed by atoms with Gasteiger partial charge in [0, 0.05) is 31.7 Å². The number of hydrogen-bond acceptors (Lipinski definition) is 2. The van der Waals surface area contributed by atoms with Crippen molar-refractivity contribution in [3.05, 3.63) is 35.4 Å². The zero-order valence-corrected chi connectivity index (χ0v) is 13.3. The molecule has 1 N–H and O–H groups in total. The van der Waals surface area contributed by atoms with Gasteiger partial charge in [0.05, 0.1) is 0 Å². The Hall–Kier alpha value is -0.860. The summed E-state index contributed by atoms with van der Waals surface area (Å²) in [7, 11) is 0. The SMILES string of the molecule is CC1(C2CC2)CNCCN1CC1CCCc2ccccc21. The summed E-state index contributed by atoms with van der Waals surface area (Å²) < 4.78 is 0. The van der Waals surface area contributed by atoms with Gasteiger partial charge >= 0.3 is 0 Å². The van der Waals surface area contributed by atoms with Gasteiger partial charge in [-0.15, -0.1) is 0 Å². The molecule has 0 radical (unpaired) electrons. The quantitative estimate of drug-likeness (QED) is 0.917. The average Bonchev–Trinajstić information content (AvgIpc) is 3.35. The summed E-state index contributed by atoms with van der Waals surface area (Å²) in [4.78, 5) is 2.83. The smallest absolute Gasteiger partial charge is 0.0334 e. The second-order valence-corrected chi connectivity index (χ2v) is 7.54. The molecule has 114 valence electrons. The van der Waals surface area contributed by atoms with Gasteiger partial charge in [0.1, 0.15) is 0 Å². The van der Waals surface area contributed by atoms with E-state index in [1.165, 1.54) is 51.7 Å². The second-order valence-electron chi connectivity index (χ2n) is 7.54. The van der Waals surface area contributed by atoms with Gasteiger partial charge in [-0.25, -0.2) is 0 Å². The number of aryl methyl sites for hydroxylation is 1. The van der Waals surface area contributed by atoms with E-state index in [2.05, 4.69) is 41.4 Å². The van der Waals surface area contributed by atoms with Crippen LogP contribution in [-0.4, -0.2) is 36.6 Å². The van der Waals surface area contributed by atoms with E-state index in [1.807, 2.05) is 0 Å². The van der Waals surface area contributed by atoms with Crippen molar-refractivity contribution >= 4 is 0 Å². The number of benzene rings is 1. The first kappa shape index (κ1) is 13.8. The maximum Gasteiger partial charge on any atom is 0.0334 e. The number of nitrogens with zero attached hydrogens (tertiary/aromatic N) is 1. The summed E-state index contributed by atoms with van der Waals surface area (Å²) in [6.07, 6.45) is 6.91. The van der Waals surface area contributed by atoms with E-state index in [-0.39, 0.29) is 0 Å². The fraction of sp³-hybridized carbons (Fsp3) is 0.684.